The van der Waals surface area contributed by atoms with Gasteiger partial charge in [-0.2, -0.15) is 0 Å². The Kier molecular flexibility index (Phi) is 7.91. The molecule has 1 N–H and O–H groups in total. The molecule has 1 aromatic carbocycles. The average Bonchev–Trinajstić information content (AvgIpc) is 2.45. The van der Waals surface area contributed by atoms with Gasteiger partial charge in [-0.25, -0.2) is 4.21 Å². The van der Waals surface area contributed by atoms with Crippen LogP contribution in [0.5, 0.6) is 0 Å². The van der Waals surface area contributed by atoms with Crippen molar-refractivity contribution in [1.82, 2.24) is 0 Å². The van der Waals surface area contributed by atoms with Crippen molar-refractivity contribution >= 4 is 10.8 Å². The molecule has 0 heterocycles. The SMILES string of the molecule is CCCCC[C@@H](O)/C(=C\C(C)C)S(=O)c1ccc(C)cc1. The van der Waals surface area contributed by atoms with Gasteiger partial charge in [-0.3, -0.25) is 0 Å². The minimum atomic E-state index is -1.27. The topological polar surface area (TPSA) is 37.3 Å². The van der Waals surface area contributed by atoms with Crippen molar-refractivity contribution < 1.29 is 9.32 Å². The maximum Gasteiger partial charge on any atom is 0.0874 e. The number of benzene rings is 1. The second kappa shape index (κ2) is 9.16. The van der Waals surface area contributed by atoms with Crippen LogP contribution in [-0.4, -0.2) is 15.4 Å². The molecule has 2 atom stereocenters. The van der Waals surface area contributed by atoms with Crippen LogP contribution < -0.4 is 0 Å². The van der Waals surface area contributed by atoms with Gasteiger partial charge in [0.05, 0.1) is 16.9 Å². The normalized spacial score (nSPS) is 15.2. The Balaban J connectivity index is 2.91. The lowest BCUT2D eigenvalue weighted by Gasteiger charge is -2.16. The lowest BCUT2D eigenvalue weighted by molar-refractivity contribution is 0.203. The van der Waals surface area contributed by atoms with Crippen molar-refractivity contribution in [3.63, 3.8) is 0 Å². The first-order valence-electron chi connectivity index (χ1n) is 7.84. The van der Waals surface area contributed by atoms with Gasteiger partial charge in [-0.05, 0) is 31.4 Å². The summed E-state index contributed by atoms with van der Waals surface area (Å²) in [7, 11) is -1.27. The zero-order valence-corrected chi connectivity index (χ0v) is 14.5. The van der Waals surface area contributed by atoms with E-state index in [2.05, 4.69) is 6.92 Å². The average molecular weight is 308 g/mol. The summed E-state index contributed by atoms with van der Waals surface area (Å²) in [6.45, 7) is 8.25. The third kappa shape index (κ3) is 6.15. The van der Waals surface area contributed by atoms with E-state index in [0.717, 1.165) is 29.7 Å². The van der Waals surface area contributed by atoms with Crippen LogP contribution in [0, 0.1) is 12.8 Å². The first-order valence-corrected chi connectivity index (χ1v) is 8.99. The fourth-order valence-electron chi connectivity index (χ4n) is 2.15. The second-order valence-electron chi connectivity index (χ2n) is 5.91. The van der Waals surface area contributed by atoms with Gasteiger partial charge in [0, 0.05) is 9.80 Å². The van der Waals surface area contributed by atoms with Gasteiger partial charge in [-0.15, -0.1) is 0 Å². The molecule has 1 rings (SSSR count). The summed E-state index contributed by atoms with van der Waals surface area (Å²) in [6, 6.07) is 7.70. The van der Waals surface area contributed by atoms with Crippen molar-refractivity contribution in [3.8, 4) is 0 Å². The van der Waals surface area contributed by atoms with E-state index in [1.165, 1.54) is 0 Å². The molecule has 118 valence electrons. The molecule has 0 fully saturated rings. The number of allylic oxidation sites excluding steroid dienone is 1. The minimum Gasteiger partial charge on any atom is -0.388 e. The number of aryl methyl sites for hydroxylation is 1. The number of unbranched alkanes of at least 4 members (excludes halogenated alkanes) is 2. The lowest BCUT2D eigenvalue weighted by Crippen LogP contribution is -2.15. The molecule has 0 amide bonds. The van der Waals surface area contributed by atoms with Crippen molar-refractivity contribution in [2.75, 3.05) is 0 Å². The smallest absolute Gasteiger partial charge is 0.0874 e. The second-order valence-corrected chi connectivity index (χ2v) is 7.39. The Morgan fingerprint density at radius 2 is 1.86 bits per heavy atom. The summed E-state index contributed by atoms with van der Waals surface area (Å²) in [4.78, 5) is 1.42. The Morgan fingerprint density at radius 3 is 2.38 bits per heavy atom. The van der Waals surface area contributed by atoms with Gasteiger partial charge in [0.15, 0.2) is 0 Å². The van der Waals surface area contributed by atoms with Crippen LogP contribution in [0.25, 0.3) is 0 Å². The van der Waals surface area contributed by atoms with Gasteiger partial charge < -0.3 is 5.11 Å². The van der Waals surface area contributed by atoms with E-state index < -0.39 is 16.9 Å². The maximum atomic E-state index is 12.7. The largest absolute Gasteiger partial charge is 0.388 e. The van der Waals surface area contributed by atoms with Gasteiger partial charge >= 0.3 is 0 Å². The van der Waals surface area contributed by atoms with Gasteiger partial charge in [0.1, 0.15) is 0 Å². The summed E-state index contributed by atoms with van der Waals surface area (Å²) in [6.07, 6.45) is 5.22. The first kappa shape index (κ1) is 18.1. The predicted molar refractivity (Wildman–Crippen MR) is 90.7 cm³/mol. The molecule has 0 bridgehead atoms. The van der Waals surface area contributed by atoms with Crippen LogP contribution in [0.15, 0.2) is 40.1 Å². The molecule has 0 radical (unpaired) electrons. The number of rotatable bonds is 8. The summed E-state index contributed by atoms with van der Waals surface area (Å²) in [5, 5.41) is 10.4. The van der Waals surface area contributed by atoms with Crippen LogP contribution in [0.2, 0.25) is 0 Å². The van der Waals surface area contributed by atoms with Crippen molar-refractivity contribution in [2.24, 2.45) is 5.92 Å². The minimum absolute atomic E-state index is 0.273. The monoisotopic (exact) mass is 308 g/mol. The number of aliphatic hydroxyl groups is 1. The molecule has 0 saturated carbocycles. The Hall–Kier alpha value is -0.930. The van der Waals surface area contributed by atoms with E-state index in [1.807, 2.05) is 51.1 Å². The standard InChI is InChI=1S/C18H28O2S/c1-5-6-7-8-17(19)18(13-14(2)3)21(20)16-11-9-15(4)10-12-16/h9-14,17,19H,5-8H2,1-4H3/b18-13+/t17-,21?/m1/s1. The quantitative estimate of drug-likeness (QED) is 0.714. The Labute approximate surface area is 131 Å². The van der Waals surface area contributed by atoms with Crippen LogP contribution in [-0.2, 0) is 10.8 Å². The molecular weight excluding hydrogens is 280 g/mol. The fourth-order valence-corrected chi connectivity index (χ4v) is 3.57. The summed E-state index contributed by atoms with van der Waals surface area (Å²) in [5.41, 5.74) is 1.15. The molecule has 0 saturated heterocycles. The van der Waals surface area contributed by atoms with Gasteiger partial charge in [0.2, 0.25) is 0 Å². The molecule has 0 aliphatic rings. The van der Waals surface area contributed by atoms with E-state index in [-0.39, 0.29) is 5.92 Å². The molecule has 0 aliphatic carbocycles. The molecule has 1 aromatic rings. The maximum absolute atomic E-state index is 12.7. The van der Waals surface area contributed by atoms with Crippen LogP contribution in [0.3, 0.4) is 0 Å². The highest BCUT2D eigenvalue weighted by molar-refractivity contribution is 7.89. The van der Waals surface area contributed by atoms with E-state index >= 15 is 0 Å². The van der Waals surface area contributed by atoms with E-state index in [0.29, 0.717) is 11.3 Å². The Morgan fingerprint density at radius 1 is 1.24 bits per heavy atom. The van der Waals surface area contributed by atoms with E-state index in [4.69, 9.17) is 0 Å². The molecular formula is C18H28O2S. The lowest BCUT2D eigenvalue weighted by atomic mass is 10.1. The number of hydrogen-bond donors (Lipinski definition) is 1. The van der Waals surface area contributed by atoms with Gasteiger partial charge in [0.25, 0.3) is 0 Å². The number of aliphatic hydroxyl groups excluding tert-OH is 1. The molecule has 2 nitrogen and oxygen atoms in total. The van der Waals surface area contributed by atoms with E-state index in [1.54, 1.807) is 0 Å². The summed E-state index contributed by atoms with van der Waals surface area (Å²) < 4.78 is 12.7. The Bertz CT molecular complexity index is 474. The molecule has 0 spiro atoms. The van der Waals surface area contributed by atoms with Crippen LogP contribution in [0.4, 0.5) is 0 Å². The highest BCUT2D eigenvalue weighted by atomic mass is 32.2. The molecule has 0 aromatic heterocycles. The zero-order chi connectivity index (χ0) is 15.8. The van der Waals surface area contributed by atoms with Crippen LogP contribution in [0.1, 0.15) is 52.0 Å². The van der Waals surface area contributed by atoms with E-state index in [9.17, 15) is 9.32 Å². The highest BCUT2D eigenvalue weighted by Crippen LogP contribution is 2.23. The highest BCUT2D eigenvalue weighted by Gasteiger charge is 2.19. The molecule has 3 heteroatoms. The zero-order valence-electron chi connectivity index (χ0n) is 13.6. The predicted octanol–water partition coefficient (Wildman–Crippen LogP) is 4.58. The summed E-state index contributed by atoms with van der Waals surface area (Å²) >= 11 is 0. The fraction of sp³-hybridized carbons (Fsp3) is 0.556. The molecule has 21 heavy (non-hydrogen) atoms. The third-order valence-electron chi connectivity index (χ3n) is 3.36. The summed E-state index contributed by atoms with van der Waals surface area (Å²) in [5.74, 6) is 0.273. The number of hydrogen-bond acceptors (Lipinski definition) is 2. The van der Waals surface area contributed by atoms with Gasteiger partial charge in [-0.1, -0.05) is 63.8 Å². The van der Waals surface area contributed by atoms with Crippen LogP contribution >= 0.6 is 0 Å². The third-order valence-corrected chi connectivity index (χ3v) is 4.89. The molecule has 1 unspecified atom stereocenters. The van der Waals surface area contributed by atoms with Crippen molar-refractivity contribution in [2.45, 2.75) is 64.4 Å². The van der Waals surface area contributed by atoms with Crippen molar-refractivity contribution in [3.05, 3.63) is 40.8 Å². The van der Waals surface area contributed by atoms with Crippen molar-refractivity contribution in [1.29, 1.82) is 0 Å². The molecule has 0 aliphatic heterocycles. The first-order chi connectivity index (χ1) is 9.95.